The van der Waals surface area contributed by atoms with Crippen molar-refractivity contribution in [1.29, 1.82) is 0 Å². The molecule has 1 aliphatic carbocycles. The van der Waals surface area contributed by atoms with Gasteiger partial charge in [-0.15, -0.1) is 0 Å². The number of benzene rings is 3. The smallest absolute Gasteiger partial charge is 0.251 e. The number of ether oxygens (including phenoxy) is 3. The van der Waals surface area contributed by atoms with Crippen LogP contribution in [0.5, 0.6) is 0 Å². The second-order valence-electron chi connectivity index (χ2n) is 12.4. The predicted octanol–water partition coefficient (Wildman–Crippen LogP) is 5.87. The fraction of sp³-hybridized carbons (Fsp3) is 0.474. The van der Waals surface area contributed by atoms with Gasteiger partial charge in [0.15, 0.2) is 0 Å². The van der Waals surface area contributed by atoms with Crippen molar-refractivity contribution in [2.24, 2.45) is 0 Å². The van der Waals surface area contributed by atoms with E-state index in [1.54, 1.807) is 7.11 Å². The third-order valence-electron chi connectivity index (χ3n) is 9.19. The van der Waals surface area contributed by atoms with Crippen LogP contribution in [0.3, 0.4) is 0 Å². The van der Waals surface area contributed by atoms with Gasteiger partial charge in [-0.1, -0.05) is 18.9 Å². The van der Waals surface area contributed by atoms with E-state index < -0.39 is 0 Å². The van der Waals surface area contributed by atoms with E-state index in [4.69, 9.17) is 18.6 Å². The molecule has 4 aliphatic rings. The lowest BCUT2D eigenvalue weighted by molar-refractivity contribution is 0.0466. The Morgan fingerprint density at radius 2 is 1.65 bits per heavy atom. The Morgan fingerprint density at radius 3 is 2.39 bits per heavy atom. The van der Waals surface area contributed by atoms with Crippen LogP contribution in [0.1, 0.15) is 54.4 Å². The number of amides is 1. The summed E-state index contributed by atoms with van der Waals surface area (Å²) in [5, 5.41) is 5.27. The standard InChI is InChI=1S/C38H47N3O5/c1-28-9-10-29(38(42)39-15-22-45-24-23-44-21-6-4-3-5-20-43-2)25-34(28)37-32-13-11-30(40-16-7-17-40)26-35(32)46-36-27-31(12-14-33(36)37)41-18-8-19-41/h9-14,25-27H,3-8,15-24H2,1-2H3/p+1. The largest absolute Gasteiger partial charge is 0.456 e. The maximum Gasteiger partial charge on any atom is 0.251 e. The molecule has 8 nitrogen and oxygen atoms in total. The molecule has 0 spiro atoms. The minimum Gasteiger partial charge on any atom is -0.456 e. The average molecular weight is 627 g/mol. The fourth-order valence-electron chi connectivity index (χ4n) is 6.20. The van der Waals surface area contributed by atoms with E-state index in [9.17, 15) is 4.79 Å². The number of hydrogen-bond donors (Lipinski definition) is 1. The number of aryl methyl sites for hydroxylation is 1. The molecule has 2 aromatic rings. The summed E-state index contributed by atoms with van der Waals surface area (Å²) in [6, 6.07) is 19.1. The molecule has 0 atom stereocenters. The van der Waals surface area contributed by atoms with Crippen LogP contribution in [0, 0.1) is 6.92 Å². The van der Waals surface area contributed by atoms with Crippen molar-refractivity contribution in [3.63, 3.8) is 0 Å². The number of carbonyl (C=O) groups excluding carboxylic acids is 1. The first-order chi connectivity index (χ1) is 22.6. The number of carbonyl (C=O) groups is 1. The maximum absolute atomic E-state index is 13.3. The second kappa shape index (κ2) is 15.7. The molecule has 0 radical (unpaired) electrons. The summed E-state index contributed by atoms with van der Waals surface area (Å²) in [5.41, 5.74) is 7.00. The molecule has 46 heavy (non-hydrogen) atoms. The Labute approximate surface area is 272 Å². The quantitative estimate of drug-likeness (QED) is 0.0953. The van der Waals surface area contributed by atoms with Gasteiger partial charge in [0.05, 0.1) is 32.3 Å². The van der Waals surface area contributed by atoms with Crippen LogP contribution < -0.4 is 20.1 Å². The SMILES string of the molecule is COCCCCCCOCCOCCNC(=O)c1ccc(C)c(-c2c3ccc(=[N+]4CCC4)cc-3oc3cc(N4CCC4)ccc23)c1. The van der Waals surface area contributed by atoms with Gasteiger partial charge >= 0.3 is 0 Å². The molecule has 0 bridgehead atoms. The van der Waals surface area contributed by atoms with Gasteiger partial charge in [-0.2, -0.15) is 0 Å². The maximum atomic E-state index is 13.3. The number of fused-ring (bicyclic) bond motifs is 2. The summed E-state index contributed by atoms with van der Waals surface area (Å²) in [7, 11) is 1.74. The number of unbranched alkanes of at least 4 members (excludes halogenated alkanes) is 3. The predicted molar refractivity (Wildman–Crippen MR) is 184 cm³/mol. The molecular formula is C38H48N3O5+. The number of nitrogens with zero attached hydrogens (tertiary/aromatic N) is 2. The molecule has 1 N–H and O–H groups in total. The van der Waals surface area contributed by atoms with Crippen molar-refractivity contribution in [3.8, 4) is 22.5 Å². The minimum atomic E-state index is -0.107. The van der Waals surface area contributed by atoms with Crippen LogP contribution in [0.2, 0.25) is 0 Å². The minimum absolute atomic E-state index is 0.107. The molecule has 0 aromatic heterocycles. The van der Waals surface area contributed by atoms with Crippen molar-refractivity contribution in [2.45, 2.75) is 45.4 Å². The van der Waals surface area contributed by atoms with Gasteiger partial charge in [0.2, 0.25) is 5.36 Å². The van der Waals surface area contributed by atoms with Crippen molar-refractivity contribution in [2.75, 3.05) is 77.8 Å². The highest BCUT2D eigenvalue weighted by atomic mass is 16.5. The summed E-state index contributed by atoms with van der Waals surface area (Å²) in [6.45, 7) is 9.98. The average Bonchev–Trinajstić information content (AvgIpc) is 3.00. The molecule has 2 saturated heterocycles. The lowest BCUT2D eigenvalue weighted by Gasteiger charge is -2.33. The number of methoxy groups -OCH3 is 1. The highest BCUT2D eigenvalue weighted by Gasteiger charge is 2.24. The first-order valence-electron chi connectivity index (χ1n) is 17.0. The van der Waals surface area contributed by atoms with E-state index in [0.29, 0.717) is 31.9 Å². The number of hydrogen-bond acceptors (Lipinski definition) is 6. The zero-order valence-corrected chi connectivity index (χ0v) is 27.4. The normalized spacial score (nSPS) is 14.5. The van der Waals surface area contributed by atoms with E-state index in [2.05, 4.69) is 58.1 Å². The van der Waals surface area contributed by atoms with Gasteiger partial charge in [0.25, 0.3) is 5.91 Å². The monoisotopic (exact) mass is 626 g/mol. The Balaban J connectivity index is 1.14. The molecule has 2 fully saturated rings. The van der Waals surface area contributed by atoms with E-state index in [1.165, 1.54) is 30.3 Å². The molecule has 3 heterocycles. The van der Waals surface area contributed by atoms with Crippen molar-refractivity contribution in [3.05, 3.63) is 71.1 Å². The van der Waals surface area contributed by atoms with Gasteiger partial charge < -0.3 is 28.8 Å². The van der Waals surface area contributed by atoms with Gasteiger partial charge in [0.1, 0.15) is 24.4 Å². The molecule has 8 heteroatoms. The second-order valence-corrected chi connectivity index (χ2v) is 12.4. The highest BCUT2D eigenvalue weighted by molar-refractivity contribution is 6.05. The summed E-state index contributed by atoms with van der Waals surface area (Å²) in [5.74, 6) is 0.758. The summed E-state index contributed by atoms with van der Waals surface area (Å²) < 4.78 is 25.4. The van der Waals surface area contributed by atoms with Gasteiger partial charge in [-0.25, -0.2) is 4.58 Å². The van der Waals surface area contributed by atoms with E-state index >= 15 is 0 Å². The molecule has 1 amide bonds. The molecule has 2 aromatic carbocycles. The summed E-state index contributed by atoms with van der Waals surface area (Å²) >= 11 is 0. The summed E-state index contributed by atoms with van der Waals surface area (Å²) in [4.78, 5) is 15.6. The van der Waals surface area contributed by atoms with E-state index in [1.807, 2.05) is 18.2 Å². The van der Waals surface area contributed by atoms with E-state index in [0.717, 1.165) is 97.6 Å². The molecule has 0 saturated carbocycles. The van der Waals surface area contributed by atoms with Gasteiger partial charge in [-0.3, -0.25) is 4.79 Å². The topological polar surface area (TPSA) is 76.2 Å². The Morgan fingerprint density at radius 1 is 0.848 bits per heavy atom. The molecule has 0 unspecified atom stereocenters. The van der Waals surface area contributed by atoms with Crippen LogP contribution in [0.4, 0.5) is 5.69 Å². The lowest BCUT2D eigenvalue weighted by Crippen LogP contribution is -2.40. The van der Waals surface area contributed by atoms with Crippen molar-refractivity contribution < 1.29 is 23.4 Å². The van der Waals surface area contributed by atoms with Crippen LogP contribution >= 0.6 is 0 Å². The van der Waals surface area contributed by atoms with Crippen molar-refractivity contribution >= 4 is 22.6 Å². The number of rotatable bonds is 16. The van der Waals surface area contributed by atoms with E-state index in [-0.39, 0.29) is 5.91 Å². The fourth-order valence-corrected chi connectivity index (χ4v) is 6.20. The first-order valence-corrected chi connectivity index (χ1v) is 17.0. The zero-order chi connectivity index (χ0) is 31.7. The first kappa shape index (κ1) is 32.2. The highest BCUT2D eigenvalue weighted by Crippen LogP contribution is 2.42. The number of nitrogens with one attached hydrogen (secondary N) is 1. The third kappa shape index (κ3) is 7.63. The summed E-state index contributed by atoms with van der Waals surface area (Å²) in [6.07, 6.45) is 6.93. The van der Waals surface area contributed by atoms with Crippen LogP contribution in [-0.4, -0.2) is 78.8 Å². The van der Waals surface area contributed by atoms with Crippen molar-refractivity contribution in [1.82, 2.24) is 9.89 Å². The molecule has 6 rings (SSSR count). The van der Waals surface area contributed by atoms with Crippen LogP contribution in [0.15, 0.2) is 59.0 Å². The Kier molecular flexibility index (Phi) is 11.0. The molecular weight excluding hydrogens is 578 g/mol. The molecule has 3 aliphatic heterocycles. The zero-order valence-electron chi connectivity index (χ0n) is 27.4. The van der Waals surface area contributed by atoms with Gasteiger partial charge in [-0.05, 0) is 67.6 Å². The van der Waals surface area contributed by atoms with Crippen LogP contribution in [-0.2, 0) is 14.2 Å². The Bertz CT molecular complexity index is 1670. The van der Waals surface area contributed by atoms with Gasteiger partial charge in [0, 0.05) is 79.9 Å². The third-order valence-corrected chi connectivity index (χ3v) is 9.19. The Hall–Kier alpha value is -3.72. The molecule has 244 valence electrons. The number of anilines is 1. The van der Waals surface area contributed by atoms with Crippen LogP contribution in [0.25, 0.3) is 33.4 Å². The lowest BCUT2D eigenvalue weighted by atomic mass is 9.89.